The maximum Gasteiger partial charge on any atom is 0.216 e. The Balaban J connectivity index is 1.90. The summed E-state index contributed by atoms with van der Waals surface area (Å²) in [6.45, 7) is 0. The normalized spacial score (nSPS) is 16.6. The first-order chi connectivity index (χ1) is 10.2. The van der Waals surface area contributed by atoms with E-state index in [0.29, 0.717) is 22.1 Å². The lowest BCUT2D eigenvalue weighted by atomic mass is 9.90. The van der Waals surface area contributed by atoms with E-state index >= 15 is 0 Å². The third-order valence-electron chi connectivity index (χ3n) is 3.78. The number of nitrogens with one attached hydrogen (secondary N) is 1. The summed E-state index contributed by atoms with van der Waals surface area (Å²) in [6.07, 6.45) is 8.11. The first kappa shape index (κ1) is 14.1. The summed E-state index contributed by atoms with van der Waals surface area (Å²) in [6, 6.07) is 6.27. The molecule has 1 N–H and O–H groups in total. The van der Waals surface area contributed by atoms with Crippen LogP contribution in [-0.2, 0) is 0 Å². The minimum Gasteiger partial charge on any atom is -0.250 e. The van der Waals surface area contributed by atoms with E-state index in [1.165, 1.54) is 44.2 Å². The number of halogens is 1. The van der Waals surface area contributed by atoms with E-state index in [2.05, 4.69) is 15.3 Å². The van der Waals surface area contributed by atoms with Crippen molar-refractivity contribution in [1.29, 1.82) is 0 Å². The second kappa shape index (κ2) is 6.30. The molecule has 1 saturated carbocycles. The zero-order valence-corrected chi connectivity index (χ0v) is 12.4. The predicted molar refractivity (Wildman–Crippen MR) is 83.3 cm³/mol. The van der Waals surface area contributed by atoms with E-state index in [4.69, 9.17) is 12.2 Å². The van der Waals surface area contributed by atoms with Crippen molar-refractivity contribution in [3.63, 3.8) is 0 Å². The van der Waals surface area contributed by atoms with Crippen LogP contribution in [0.2, 0.25) is 0 Å². The standard InChI is InChI=1S/C15H17FN4S/c16-13-8-4-7-12(9-13)14-18-19-15(21)20(14)17-10-11-5-2-1-3-6-11/h4,7-11H,1-3,5-6H2,(H,19,21)/b17-10-. The molecule has 1 heterocycles. The molecule has 1 aliphatic rings. The molecule has 1 fully saturated rings. The number of rotatable bonds is 3. The number of hydrogen-bond donors (Lipinski definition) is 1. The van der Waals surface area contributed by atoms with Crippen molar-refractivity contribution in [1.82, 2.24) is 14.9 Å². The van der Waals surface area contributed by atoms with Gasteiger partial charge in [-0.3, -0.25) is 0 Å². The second-order valence-electron chi connectivity index (χ2n) is 5.34. The van der Waals surface area contributed by atoms with Gasteiger partial charge in [0.05, 0.1) is 0 Å². The second-order valence-corrected chi connectivity index (χ2v) is 5.72. The number of benzene rings is 1. The SMILES string of the molecule is Fc1cccc(-c2n[nH]c(=S)n2/N=C\C2CCCCC2)c1. The molecule has 0 spiro atoms. The number of aromatic nitrogens is 3. The fourth-order valence-electron chi connectivity index (χ4n) is 2.66. The van der Waals surface area contributed by atoms with Crippen molar-refractivity contribution in [3.8, 4) is 11.4 Å². The van der Waals surface area contributed by atoms with Crippen molar-refractivity contribution in [3.05, 3.63) is 34.9 Å². The molecule has 1 aromatic carbocycles. The lowest BCUT2D eigenvalue weighted by Crippen LogP contribution is -2.08. The molecule has 4 nitrogen and oxygen atoms in total. The van der Waals surface area contributed by atoms with Gasteiger partial charge in [0.25, 0.3) is 0 Å². The molecule has 0 aliphatic heterocycles. The quantitative estimate of drug-likeness (QED) is 0.683. The van der Waals surface area contributed by atoms with Gasteiger partial charge in [0.2, 0.25) is 4.77 Å². The topological polar surface area (TPSA) is 46.0 Å². The highest BCUT2D eigenvalue weighted by atomic mass is 32.1. The Kier molecular flexibility index (Phi) is 4.24. The largest absolute Gasteiger partial charge is 0.250 e. The fourth-order valence-corrected chi connectivity index (χ4v) is 2.84. The average molecular weight is 304 g/mol. The summed E-state index contributed by atoms with van der Waals surface area (Å²) in [4.78, 5) is 0. The highest BCUT2D eigenvalue weighted by Crippen LogP contribution is 2.23. The van der Waals surface area contributed by atoms with Gasteiger partial charge in [-0.2, -0.15) is 14.9 Å². The molecule has 1 aromatic heterocycles. The van der Waals surface area contributed by atoms with Gasteiger partial charge in [0, 0.05) is 11.8 Å². The number of H-pyrrole nitrogens is 1. The third kappa shape index (κ3) is 3.26. The summed E-state index contributed by atoms with van der Waals surface area (Å²) in [5.41, 5.74) is 0.656. The van der Waals surface area contributed by atoms with Crippen molar-refractivity contribution in [2.75, 3.05) is 0 Å². The van der Waals surface area contributed by atoms with Crippen LogP contribution >= 0.6 is 12.2 Å². The first-order valence-corrected chi connectivity index (χ1v) is 7.63. The molecule has 0 atom stereocenters. The summed E-state index contributed by atoms with van der Waals surface area (Å²) in [7, 11) is 0. The third-order valence-corrected chi connectivity index (χ3v) is 4.04. The van der Waals surface area contributed by atoms with Crippen LogP contribution in [0.1, 0.15) is 32.1 Å². The lowest BCUT2D eigenvalue weighted by molar-refractivity contribution is 0.443. The molecule has 6 heteroatoms. The minimum absolute atomic E-state index is 0.302. The van der Waals surface area contributed by atoms with E-state index in [0.717, 1.165) is 0 Å². The molecule has 110 valence electrons. The minimum atomic E-state index is -0.302. The van der Waals surface area contributed by atoms with E-state index < -0.39 is 0 Å². The molecule has 3 rings (SSSR count). The zero-order valence-electron chi connectivity index (χ0n) is 11.6. The molecule has 0 amide bonds. The smallest absolute Gasteiger partial charge is 0.216 e. The maximum atomic E-state index is 13.4. The Hall–Kier alpha value is -1.82. The Bertz CT molecular complexity index is 698. The van der Waals surface area contributed by atoms with Crippen molar-refractivity contribution in [2.45, 2.75) is 32.1 Å². The van der Waals surface area contributed by atoms with Gasteiger partial charge in [-0.15, -0.1) is 0 Å². The number of nitrogens with zero attached hydrogens (tertiary/aromatic N) is 3. The number of hydrogen-bond acceptors (Lipinski definition) is 3. The Morgan fingerprint density at radius 1 is 1.33 bits per heavy atom. The van der Waals surface area contributed by atoms with Gasteiger partial charge >= 0.3 is 0 Å². The van der Waals surface area contributed by atoms with Crippen LogP contribution in [0.15, 0.2) is 29.4 Å². The molecule has 1 aliphatic carbocycles. The predicted octanol–water partition coefficient (Wildman–Crippen LogP) is 4.16. The van der Waals surface area contributed by atoms with Crippen LogP contribution in [0.25, 0.3) is 11.4 Å². The lowest BCUT2D eigenvalue weighted by Gasteiger charge is -2.16. The Labute approximate surface area is 127 Å². The van der Waals surface area contributed by atoms with E-state index in [-0.39, 0.29) is 5.82 Å². The number of aromatic amines is 1. The highest BCUT2D eigenvalue weighted by molar-refractivity contribution is 7.71. The van der Waals surface area contributed by atoms with E-state index in [9.17, 15) is 4.39 Å². The van der Waals surface area contributed by atoms with E-state index in [1.807, 2.05) is 6.21 Å². The van der Waals surface area contributed by atoms with E-state index in [1.54, 1.807) is 16.8 Å². The van der Waals surface area contributed by atoms with Crippen LogP contribution in [0, 0.1) is 16.5 Å². The summed E-state index contributed by atoms with van der Waals surface area (Å²) in [5.74, 6) is 0.728. The van der Waals surface area contributed by atoms with Crippen LogP contribution in [-0.4, -0.2) is 21.1 Å². The van der Waals surface area contributed by atoms with Gasteiger partial charge < -0.3 is 0 Å². The summed E-state index contributed by atoms with van der Waals surface area (Å²) < 4.78 is 15.3. The van der Waals surface area contributed by atoms with Gasteiger partial charge in [-0.1, -0.05) is 31.4 Å². The van der Waals surface area contributed by atoms with Crippen molar-refractivity contribution in [2.24, 2.45) is 11.0 Å². The van der Waals surface area contributed by atoms with Gasteiger partial charge in [-0.25, -0.2) is 9.49 Å². The Morgan fingerprint density at radius 3 is 2.90 bits per heavy atom. The Morgan fingerprint density at radius 2 is 2.14 bits per heavy atom. The molecule has 0 unspecified atom stereocenters. The molecule has 0 radical (unpaired) electrons. The van der Waals surface area contributed by atoms with Crippen LogP contribution in [0.3, 0.4) is 0 Å². The van der Waals surface area contributed by atoms with Crippen LogP contribution in [0.5, 0.6) is 0 Å². The summed E-state index contributed by atoms with van der Waals surface area (Å²) in [5, 5.41) is 11.3. The maximum absolute atomic E-state index is 13.4. The first-order valence-electron chi connectivity index (χ1n) is 7.22. The van der Waals surface area contributed by atoms with Crippen LogP contribution in [0.4, 0.5) is 4.39 Å². The molecule has 2 aromatic rings. The van der Waals surface area contributed by atoms with Gasteiger partial charge in [0.1, 0.15) is 5.82 Å². The summed E-state index contributed by atoms with van der Waals surface area (Å²) >= 11 is 5.21. The van der Waals surface area contributed by atoms with Crippen molar-refractivity contribution < 1.29 is 4.39 Å². The molecular weight excluding hydrogens is 287 g/mol. The highest BCUT2D eigenvalue weighted by Gasteiger charge is 2.12. The molecular formula is C15H17FN4S. The molecule has 0 bridgehead atoms. The van der Waals surface area contributed by atoms with Crippen molar-refractivity contribution >= 4 is 18.4 Å². The zero-order chi connectivity index (χ0) is 14.7. The monoisotopic (exact) mass is 304 g/mol. The van der Waals surface area contributed by atoms with Crippen LogP contribution < -0.4 is 0 Å². The molecule has 21 heavy (non-hydrogen) atoms. The van der Waals surface area contributed by atoms with Gasteiger partial charge in [0.15, 0.2) is 5.82 Å². The molecule has 0 saturated heterocycles. The fraction of sp³-hybridized carbons (Fsp3) is 0.400. The average Bonchev–Trinajstić information content (AvgIpc) is 2.87. The van der Waals surface area contributed by atoms with Gasteiger partial charge in [-0.05, 0) is 43.1 Å².